The quantitative estimate of drug-likeness (QED) is 0.826. The lowest BCUT2D eigenvalue weighted by molar-refractivity contribution is 0.190. The highest BCUT2D eigenvalue weighted by molar-refractivity contribution is 5.14. The number of likely N-dealkylation sites (tertiary alicyclic amines) is 1. The van der Waals surface area contributed by atoms with Gasteiger partial charge in [0, 0.05) is 18.6 Å². The molecular formula is C14H22N2. The second kappa shape index (κ2) is 5.46. The molecule has 0 saturated carbocycles. The van der Waals surface area contributed by atoms with E-state index in [2.05, 4.69) is 42.2 Å². The molecule has 2 rings (SSSR count). The van der Waals surface area contributed by atoms with E-state index in [-0.39, 0.29) is 0 Å². The molecule has 0 bridgehead atoms. The topological polar surface area (TPSA) is 29.3 Å². The molecule has 88 valence electrons. The fourth-order valence-electron chi connectivity index (χ4n) is 2.45. The van der Waals surface area contributed by atoms with Gasteiger partial charge in [-0.05, 0) is 31.9 Å². The Morgan fingerprint density at radius 1 is 1.25 bits per heavy atom. The van der Waals surface area contributed by atoms with E-state index in [9.17, 15) is 0 Å². The highest BCUT2D eigenvalue weighted by Gasteiger charge is 2.22. The van der Waals surface area contributed by atoms with Crippen LogP contribution >= 0.6 is 0 Å². The fraction of sp³-hybridized carbons (Fsp3) is 0.571. The molecule has 1 aliphatic heterocycles. The van der Waals surface area contributed by atoms with Gasteiger partial charge in [-0.3, -0.25) is 4.90 Å². The lowest BCUT2D eigenvalue weighted by Crippen LogP contribution is -2.44. The third-order valence-electron chi connectivity index (χ3n) is 3.66. The van der Waals surface area contributed by atoms with E-state index >= 15 is 0 Å². The van der Waals surface area contributed by atoms with Crippen LogP contribution in [0.4, 0.5) is 0 Å². The van der Waals surface area contributed by atoms with E-state index in [0.717, 1.165) is 6.54 Å². The SMILES string of the molecule is CC1C(N)CCCCN1Cc1ccccc1. The predicted molar refractivity (Wildman–Crippen MR) is 68.1 cm³/mol. The Hall–Kier alpha value is -0.860. The number of nitrogens with zero attached hydrogens (tertiary/aromatic N) is 1. The third-order valence-corrected chi connectivity index (χ3v) is 3.66. The van der Waals surface area contributed by atoms with Crippen LogP contribution in [-0.2, 0) is 6.54 Å². The first-order valence-electron chi connectivity index (χ1n) is 6.31. The molecule has 1 aliphatic rings. The number of rotatable bonds is 2. The first-order valence-corrected chi connectivity index (χ1v) is 6.31. The zero-order valence-corrected chi connectivity index (χ0v) is 10.1. The zero-order chi connectivity index (χ0) is 11.4. The standard InChI is InChI=1S/C14H22N2/c1-12-14(15)9-5-6-10-16(12)11-13-7-3-2-4-8-13/h2-4,7-8,12,14H,5-6,9-11,15H2,1H3. The van der Waals surface area contributed by atoms with E-state index in [1.54, 1.807) is 0 Å². The Bertz CT molecular complexity index is 310. The molecule has 1 heterocycles. The molecule has 0 radical (unpaired) electrons. The van der Waals surface area contributed by atoms with Crippen LogP contribution in [0.25, 0.3) is 0 Å². The Balaban J connectivity index is 2.02. The smallest absolute Gasteiger partial charge is 0.0237 e. The summed E-state index contributed by atoms with van der Waals surface area (Å²) in [7, 11) is 0. The van der Waals surface area contributed by atoms with E-state index in [0.29, 0.717) is 12.1 Å². The number of hydrogen-bond acceptors (Lipinski definition) is 2. The van der Waals surface area contributed by atoms with Gasteiger partial charge in [0.15, 0.2) is 0 Å². The van der Waals surface area contributed by atoms with Crippen molar-refractivity contribution in [3.8, 4) is 0 Å². The minimum atomic E-state index is 0.339. The zero-order valence-electron chi connectivity index (χ0n) is 10.1. The van der Waals surface area contributed by atoms with Crippen LogP contribution in [0, 0.1) is 0 Å². The van der Waals surface area contributed by atoms with Gasteiger partial charge in [0.25, 0.3) is 0 Å². The van der Waals surface area contributed by atoms with Crippen molar-refractivity contribution in [2.45, 2.75) is 44.8 Å². The summed E-state index contributed by atoms with van der Waals surface area (Å²) in [4.78, 5) is 2.52. The second-order valence-electron chi connectivity index (χ2n) is 4.86. The molecule has 0 aromatic heterocycles. The van der Waals surface area contributed by atoms with Gasteiger partial charge >= 0.3 is 0 Å². The number of benzene rings is 1. The van der Waals surface area contributed by atoms with Crippen molar-refractivity contribution in [1.29, 1.82) is 0 Å². The molecule has 0 amide bonds. The van der Waals surface area contributed by atoms with Crippen molar-refractivity contribution in [2.75, 3.05) is 6.54 Å². The fourth-order valence-corrected chi connectivity index (χ4v) is 2.45. The van der Waals surface area contributed by atoms with Crippen molar-refractivity contribution < 1.29 is 0 Å². The number of nitrogens with two attached hydrogens (primary N) is 1. The first kappa shape index (κ1) is 11.6. The maximum atomic E-state index is 6.18. The Morgan fingerprint density at radius 2 is 2.00 bits per heavy atom. The van der Waals surface area contributed by atoms with Gasteiger partial charge in [-0.25, -0.2) is 0 Å². The normalized spacial score (nSPS) is 27.6. The number of hydrogen-bond donors (Lipinski definition) is 1. The Morgan fingerprint density at radius 3 is 2.75 bits per heavy atom. The molecule has 1 aromatic carbocycles. The summed E-state index contributed by atoms with van der Waals surface area (Å²) in [5.41, 5.74) is 7.57. The Kier molecular flexibility index (Phi) is 3.97. The van der Waals surface area contributed by atoms with E-state index in [1.807, 2.05) is 0 Å². The van der Waals surface area contributed by atoms with Crippen LogP contribution in [0.3, 0.4) is 0 Å². The van der Waals surface area contributed by atoms with Gasteiger partial charge in [-0.1, -0.05) is 36.8 Å². The molecule has 2 N–H and O–H groups in total. The van der Waals surface area contributed by atoms with E-state index < -0.39 is 0 Å². The van der Waals surface area contributed by atoms with Crippen molar-refractivity contribution in [3.63, 3.8) is 0 Å². The van der Waals surface area contributed by atoms with Gasteiger partial charge in [0.1, 0.15) is 0 Å². The summed E-state index contributed by atoms with van der Waals surface area (Å²) in [6, 6.07) is 11.5. The highest BCUT2D eigenvalue weighted by Crippen LogP contribution is 2.18. The van der Waals surface area contributed by atoms with Crippen molar-refractivity contribution in [2.24, 2.45) is 5.73 Å². The molecular weight excluding hydrogens is 196 g/mol. The lowest BCUT2D eigenvalue weighted by atomic mass is 10.1. The van der Waals surface area contributed by atoms with Crippen molar-refractivity contribution in [3.05, 3.63) is 35.9 Å². The minimum Gasteiger partial charge on any atom is -0.326 e. The second-order valence-corrected chi connectivity index (χ2v) is 4.86. The molecule has 0 spiro atoms. The van der Waals surface area contributed by atoms with Gasteiger partial charge < -0.3 is 5.73 Å². The summed E-state index contributed by atoms with van der Waals surface area (Å²) in [5.74, 6) is 0. The molecule has 0 aliphatic carbocycles. The molecule has 2 atom stereocenters. The largest absolute Gasteiger partial charge is 0.326 e. The van der Waals surface area contributed by atoms with Crippen molar-refractivity contribution in [1.82, 2.24) is 4.90 Å². The van der Waals surface area contributed by atoms with Gasteiger partial charge in [0.05, 0.1) is 0 Å². The first-order chi connectivity index (χ1) is 7.77. The van der Waals surface area contributed by atoms with Crippen LogP contribution in [0.5, 0.6) is 0 Å². The van der Waals surface area contributed by atoms with Crippen LogP contribution in [0.15, 0.2) is 30.3 Å². The molecule has 1 aromatic rings. The van der Waals surface area contributed by atoms with Gasteiger partial charge in [-0.15, -0.1) is 0 Å². The maximum absolute atomic E-state index is 6.18. The van der Waals surface area contributed by atoms with Crippen LogP contribution in [0.2, 0.25) is 0 Å². The molecule has 1 fully saturated rings. The lowest BCUT2D eigenvalue weighted by Gasteiger charge is -2.30. The van der Waals surface area contributed by atoms with Crippen LogP contribution in [0.1, 0.15) is 31.7 Å². The van der Waals surface area contributed by atoms with Gasteiger partial charge in [-0.2, -0.15) is 0 Å². The van der Waals surface area contributed by atoms with E-state index in [4.69, 9.17) is 5.73 Å². The summed E-state index contributed by atoms with van der Waals surface area (Å²) < 4.78 is 0. The van der Waals surface area contributed by atoms with Crippen LogP contribution < -0.4 is 5.73 Å². The summed E-state index contributed by atoms with van der Waals surface area (Å²) in [5, 5.41) is 0. The van der Waals surface area contributed by atoms with E-state index in [1.165, 1.54) is 31.4 Å². The maximum Gasteiger partial charge on any atom is 0.0237 e. The van der Waals surface area contributed by atoms with Crippen LogP contribution in [-0.4, -0.2) is 23.5 Å². The average molecular weight is 218 g/mol. The molecule has 2 heteroatoms. The monoisotopic (exact) mass is 218 g/mol. The molecule has 2 nitrogen and oxygen atoms in total. The molecule has 1 saturated heterocycles. The highest BCUT2D eigenvalue weighted by atomic mass is 15.2. The van der Waals surface area contributed by atoms with Crippen molar-refractivity contribution >= 4 is 0 Å². The van der Waals surface area contributed by atoms with Gasteiger partial charge in [0.2, 0.25) is 0 Å². The Labute approximate surface area is 98.4 Å². The third kappa shape index (κ3) is 2.83. The summed E-state index contributed by atoms with van der Waals surface area (Å²) in [6.07, 6.45) is 3.73. The minimum absolute atomic E-state index is 0.339. The summed E-state index contributed by atoms with van der Waals surface area (Å²) >= 11 is 0. The predicted octanol–water partition coefficient (Wildman–Crippen LogP) is 2.39. The summed E-state index contributed by atoms with van der Waals surface area (Å²) in [6.45, 7) is 4.48. The molecule has 2 unspecified atom stereocenters. The molecule has 16 heavy (non-hydrogen) atoms. The average Bonchev–Trinajstić information content (AvgIpc) is 2.46.